The molecule has 4 rings (SSSR count). The van der Waals surface area contributed by atoms with Gasteiger partial charge in [-0.15, -0.1) is 10.2 Å². The molecule has 2 aromatic carbocycles. The van der Waals surface area contributed by atoms with Crippen LogP contribution >= 0.6 is 11.6 Å². The smallest absolute Gasteiger partial charge is 0.164 e. The summed E-state index contributed by atoms with van der Waals surface area (Å²) in [7, 11) is 1.69. The van der Waals surface area contributed by atoms with Gasteiger partial charge in [-0.2, -0.15) is 0 Å². The Bertz CT molecular complexity index is 858. The van der Waals surface area contributed by atoms with E-state index in [1.54, 1.807) is 7.11 Å². The van der Waals surface area contributed by atoms with Crippen LogP contribution in [0.15, 0.2) is 48.5 Å². The standard InChI is InChI=1S/C19H19ClN4O/c1-25-17-8-2-14(3-9-17)12-23-10-11-24-18(13-23)21-22-19(24)15-4-6-16(20)7-5-15/h2-9H,10-13H2,1H3. The van der Waals surface area contributed by atoms with Gasteiger partial charge in [-0.25, -0.2) is 0 Å². The van der Waals surface area contributed by atoms with E-state index in [4.69, 9.17) is 16.3 Å². The van der Waals surface area contributed by atoms with Crippen LogP contribution in [0.5, 0.6) is 5.75 Å². The highest BCUT2D eigenvalue weighted by atomic mass is 35.5. The average Bonchev–Trinajstić information content (AvgIpc) is 3.06. The Hall–Kier alpha value is -2.37. The van der Waals surface area contributed by atoms with Crippen molar-refractivity contribution in [2.75, 3.05) is 13.7 Å². The fourth-order valence-electron chi connectivity index (χ4n) is 3.14. The van der Waals surface area contributed by atoms with Gasteiger partial charge in [0, 0.05) is 30.2 Å². The van der Waals surface area contributed by atoms with Crippen molar-refractivity contribution in [2.24, 2.45) is 0 Å². The number of hydrogen-bond acceptors (Lipinski definition) is 4. The summed E-state index contributed by atoms with van der Waals surface area (Å²) < 4.78 is 7.42. The van der Waals surface area contributed by atoms with Gasteiger partial charge in [0.05, 0.1) is 13.7 Å². The van der Waals surface area contributed by atoms with E-state index in [0.29, 0.717) is 0 Å². The van der Waals surface area contributed by atoms with Gasteiger partial charge in [-0.1, -0.05) is 23.7 Å². The first-order chi connectivity index (χ1) is 12.2. The minimum Gasteiger partial charge on any atom is -0.497 e. The summed E-state index contributed by atoms with van der Waals surface area (Å²) in [6.45, 7) is 3.55. The maximum atomic E-state index is 5.97. The van der Waals surface area contributed by atoms with E-state index < -0.39 is 0 Å². The summed E-state index contributed by atoms with van der Waals surface area (Å²) in [5.41, 5.74) is 2.32. The number of methoxy groups -OCH3 is 1. The molecule has 0 fully saturated rings. The molecule has 2 heterocycles. The number of benzene rings is 2. The second-order valence-corrected chi connectivity index (χ2v) is 6.59. The van der Waals surface area contributed by atoms with Gasteiger partial charge >= 0.3 is 0 Å². The predicted octanol–water partition coefficient (Wildman–Crippen LogP) is 3.62. The first-order valence-corrected chi connectivity index (χ1v) is 8.64. The Morgan fingerprint density at radius 3 is 2.48 bits per heavy atom. The van der Waals surface area contributed by atoms with Crippen LogP contribution in [0.3, 0.4) is 0 Å². The van der Waals surface area contributed by atoms with Crippen LogP contribution in [0.25, 0.3) is 11.4 Å². The lowest BCUT2D eigenvalue weighted by atomic mass is 10.2. The van der Waals surface area contributed by atoms with E-state index in [2.05, 4.69) is 31.8 Å². The molecule has 0 radical (unpaired) electrons. The van der Waals surface area contributed by atoms with Crippen molar-refractivity contribution in [2.45, 2.75) is 19.6 Å². The molecule has 0 saturated carbocycles. The van der Waals surface area contributed by atoms with Crippen molar-refractivity contribution in [3.05, 3.63) is 64.9 Å². The molecular weight excluding hydrogens is 336 g/mol. The Labute approximate surface area is 151 Å². The summed E-state index contributed by atoms with van der Waals surface area (Å²) in [5.74, 6) is 2.80. The second kappa shape index (κ2) is 6.86. The number of rotatable bonds is 4. The number of nitrogens with zero attached hydrogens (tertiary/aromatic N) is 4. The van der Waals surface area contributed by atoms with Gasteiger partial charge in [-0.3, -0.25) is 4.90 Å². The molecule has 0 bridgehead atoms. The molecule has 0 spiro atoms. The van der Waals surface area contributed by atoms with Gasteiger partial charge in [0.25, 0.3) is 0 Å². The summed E-state index contributed by atoms with van der Waals surface area (Å²) in [5, 5.41) is 9.51. The van der Waals surface area contributed by atoms with E-state index in [1.807, 2.05) is 36.4 Å². The van der Waals surface area contributed by atoms with Crippen molar-refractivity contribution in [1.82, 2.24) is 19.7 Å². The average molecular weight is 355 g/mol. The van der Waals surface area contributed by atoms with E-state index in [1.165, 1.54) is 5.56 Å². The first kappa shape index (κ1) is 16.1. The van der Waals surface area contributed by atoms with E-state index >= 15 is 0 Å². The quantitative estimate of drug-likeness (QED) is 0.717. The number of hydrogen-bond donors (Lipinski definition) is 0. The SMILES string of the molecule is COc1ccc(CN2CCn3c(nnc3-c3ccc(Cl)cc3)C2)cc1. The van der Waals surface area contributed by atoms with Crippen molar-refractivity contribution in [3.8, 4) is 17.1 Å². The van der Waals surface area contributed by atoms with E-state index in [0.717, 1.165) is 54.2 Å². The first-order valence-electron chi connectivity index (χ1n) is 8.26. The van der Waals surface area contributed by atoms with Crippen LogP contribution in [0.4, 0.5) is 0 Å². The van der Waals surface area contributed by atoms with Crippen molar-refractivity contribution >= 4 is 11.6 Å². The van der Waals surface area contributed by atoms with Crippen LogP contribution < -0.4 is 4.74 Å². The molecule has 6 heteroatoms. The molecule has 25 heavy (non-hydrogen) atoms. The third-order valence-electron chi connectivity index (χ3n) is 4.50. The van der Waals surface area contributed by atoms with Crippen molar-refractivity contribution in [3.63, 3.8) is 0 Å². The lowest BCUT2D eigenvalue weighted by molar-refractivity contribution is 0.209. The minimum absolute atomic E-state index is 0.729. The molecule has 128 valence electrons. The molecule has 1 aliphatic rings. The Morgan fingerprint density at radius 1 is 1.00 bits per heavy atom. The predicted molar refractivity (Wildman–Crippen MR) is 97.6 cm³/mol. The summed E-state index contributed by atoms with van der Waals surface area (Å²) in [6, 6.07) is 16.0. The maximum Gasteiger partial charge on any atom is 0.164 e. The fraction of sp³-hybridized carbons (Fsp3) is 0.263. The highest BCUT2D eigenvalue weighted by molar-refractivity contribution is 6.30. The summed E-state index contributed by atoms with van der Waals surface area (Å²) >= 11 is 5.97. The zero-order valence-electron chi connectivity index (χ0n) is 14.0. The minimum atomic E-state index is 0.729. The molecule has 1 aromatic heterocycles. The lowest BCUT2D eigenvalue weighted by Gasteiger charge is -2.27. The van der Waals surface area contributed by atoms with E-state index in [9.17, 15) is 0 Å². The maximum absolute atomic E-state index is 5.97. The molecule has 0 saturated heterocycles. The monoisotopic (exact) mass is 354 g/mol. The van der Waals surface area contributed by atoms with Gasteiger partial charge in [0.15, 0.2) is 5.82 Å². The number of ether oxygens (including phenoxy) is 1. The van der Waals surface area contributed by atoms with Crippen LogP contribution in [-0.2, 0) is 19.6 Å². The van der Waals surface area contributed by atoms with Crippen LogP contribution in [0.1, 0.15) is 11.4 Å². The van der Waals surface area contributed by atoms with Gasteiger partial charge in [-0.05, 0) is 42.0 Å². The fourth-order valence-corrected chi connectivity index (χ4v) is 3.27. The third kappa shape index (κ3) is 3.38. The molecule has 5 nitrogen and oxygen atoms in total. The number of fused-ring (bicyclic) bond motifs is 1. The van der Waals surface area contributed by atoms with Gasteiger partial charge in [0.2, 0.25) is 0 Å². The van der Waals surface area contributed by atoms with Gasteiger partial charge in [0.1, 0.15) is 11.6 Å². The zero-order chi connectivity index (χ0) is 17.2. The molecule has 0 aliphatic carbocycles. The second-order valence-electron chi connectivity index (χ2n) is 6.16. The molecule has 0 N–H and O–H groups in total. The third-order valence-corrected chi connectivity index (χ3v) is 4.75. The van der Waals surface area contributed by atoms with Crippen LogP contribution in [-0.4, -0.2) is 33.3 Å². The van der Waals surface area contributed by atoms with Crippen molar-refractivity contribution < 1.29 is 4.74 Å². The highest BCUT2D eigenvalue weighted by Crippen LogP contribution is 2.24. The molecule has 0 amide bonds. The normalized spacial score (nSPS) is 14.3. The zero-order valence-corrected chi connectivity index (χ0v) is 14.8. The molecule has 3 aromatic rings. The van der Waals surface area contributed by atoms with Gasteiger partial charge < -0.3 is 9.30 Å². The highest BCUT2D eigenvalue weighted by Gasteiger charge is 2.21. The summed E-state index contributed by atoms with van der Waals surface area (Å²) in [4.78, 5) is 2.39. The number of aromatic nitrogens is 3. The summed E-state index contributed by atoms with van der Waals surface area (Å²) in [6.07, 6.45) is 0. The van der Waals surface area contributed by atoms with E-state index in [-0.39, 0.29) is 0 Å². The molecule has 0 unspecified atom stereocenters. The topological polar surface area (TPSA) is 43.2 Å². The lowest BCUT2D eigenvalue weighted by Crippen LogP contribution is -2.33. The Morgan fingerprint density at radius 2 is 1.76 bits per heavy atom. The van der Waals surface area contributed by atoms with Crippen LogP contribution in [0.2, 0.25) is 5.02 Å². The van der Waals surface area contributed by atoms with Crippen molar-refractivity contribution in [1.29, 1.82) is 0 Å². The Kier molecular flexibility index (Phi) is 4.42. The Balaban J connectivity index is 1.49. The molecule has 0 atom stereocenters. The molecule has 1 aliphatic heterocycles. The molecular formula is C19H19ClN4O. The largest absolute Gasteiger partial charge is 0.497 e. The number of halogens is 1. The van der Waals surface area contributed by atoms with Crippen LogP contribution in [0, 0.1) is 0 Å².